The predicted molar refractivity (Wildman–Crippen MR) is 68.0 cm³/mol. The van der Waals surface area contributed by atoms with E-state index in [1.807, 2.05) is 0 Å². The Morgan fingerprint density at radius 2 is 1.90 bits per heavy atom. The number of ether oxygens (including phenoxy) is 1. The van der Waals surface area contributed by atoms with Crippen molar-refractivity contribution in [2.75, 3.05) is 11.9 Å². The molecule has 110 valence electrons. The van der Waals surface area contributed by atoms with E-state index in [0.29, 0.717) is 5.69 Å². The van der Waals surface area contributed by atoms with Crippen molar-refractivity contribution in [1.29, 1.82) is 0 Å². The second-order valence-corrected chi connectivity index (χ2v) is 3.98. The summed E-state index contributed by atoms with van der Waals surface area (Å²) in [4.78, 5) is 19.3. The van der Waals surface area contributed by atoms with E-state index in [-0.39, 0.29) is 11.4 Å². The van der Waals surface area contributed by atoms with Crippen LogP contribution in [0.1, 0.15) is 10.4 Å². The third-order valence-electron chi connectivity index (χ3n) is 2.32. The summed E-state index contributed by atoms with van der Waals surface area (Å²) in [5.74, 6) is -0.635. The first-order valence-electron chi connectivity index (χ1n) is 5.81. The van der Waals surface area contributed by atoms with Gasteiger partial charge in [0.2, 0.25) is 5.88 Å². The molecule has 0 spiro atoms. The van der Waals surface area contributed by atoms with Crippen LogP contribution < -0.4 is 10.1 Å². The van der Waals surface area contributed by atoms with Gasteiger partial charge < -0.3 is 10.1 Å². The Balaban J connectivity index is 1.97. The number of carbonyl (C=O) groups is 1. The highest BCUT2D eigenvalue weighted by atomic mass is 19.4. The van der Waals surface area contributed by atoms with Gasteiger partial charge in [0, 0.05) is 30.3 Å². The van der Waals surface area contributed by atoms with E-state index in [0.717, 1.165) is 6.20 Å². The molecule has 21 heavy (non-hydrogen) atoms. The molecule has 0 aromatic carbocycles. The molecule has 8 heteroatoms. The van der Waals surface area contributed by atoms with Crippen LogP contribution in [0.3, 0.4) is 0 Å². The molecule has 0 bridgehead atoms. The Bertz CT molecular complexity index is 600. The molecule has 2 heterocycles. The summed E-state index contributed by atoms with van der Waals surface area (Å²) in [5.41, 5.74) is 0.749. The molecule has 1 amide bonds. The zero-order chi connectivity index (χ0) is 15.3. The quantitative estimate of drug-likeness (QED) is 0.942. The van der Waals surface area contributed by atoms with Gasteiger partial charge >= 0.3 is 6.18 Å². The molecule has 0 aliphatic carbocycles. The lowest BCUT2D eigenvalue weighted by atomic mass is 10.2. The average molecular weight is 297 g/mol. The topological polar surface area (TPSA) is 64.1 Å². The third kappa shape index (κ3) is 4.75. The first-order valence-corrected chi connectivity index (χ1v) is 5.81. The van der Waals surface area contributed by atoms with Gasteiger partial charge in [-0.05, 0) is 18.2 Å². The monoisotopic (exact) mass is 297 g/mol. The summed E-state index contributed by atoms with van der Waals surface area (Å²) in [6.07, 6.45) is -0.259. The van der Waals surface area contributed by atoms with Crippen LogP contribution in [0.4, 0.5) is 18.9 Å². The van der Waals surface area contributed by atoms with Crippen LogP contribution in [0.2, 0.25) is 0 Å². The number of nitrogens with one attached hydrogen (secondary N) is 1. The van der Waals surface area contributed by atoms with E-state index in [1.165, 1.54) is 24.5 Å². The Morgan fingerprint density at radius 1 is 1.19 bits per heavy atom. The summed E-state index contributed by atoms with van der Waals surface area (Å²) in [5, 5.41) is 2.59. The van der Waals surface area contributed by atoms with Crippen molar-refractivity contribution in [3.63, 3.8) is 0 Å². The van der Waals surface area contributed by atoms with E-state index in [4.69, 9.17) is 0 Å². The van der Waals surface area contributed by atoms with Crippen molar-refractivity contribution in [2.45, 2.75) is 6.18 Å². The van der Waals surface area contributed by atoms with Crippen LogP contribution in [0.15, 0.2) is 42.9 Å². The number of nitrogens with zero attached hydrogens (tertiary/aromatic N) is 2. The number of aromatic nitrogens is 2. The number of hydrogen-bond donors (Lipinski definition) is 1. The van der Waals surface area contributed by atoms with E-state index in [1.54, 1.807) is 12.1 Å². The van der Waals surface area contributed by atoms with Crippen LogP contribution in [0.5, 0.6) is 5.88 Å². The lowest BCUT2D eigenvalue weighted by Gasteiger charge is -2.08. The Hall–Kier alpha value is -2.64. The van der Waals surface area contributed by atoms with Crippen molar-refractivity contribution in [3.05, 3.63) is 48.4 Å². The molecule has 0 fully saturated rings. The summed E-state index contributed by atoms with van der Waals surface area (Å²) in [7, 11) is 0. The predicted octanol–water partition coefficient (Wildman–Crippen LogP) is 2.67. The first-order chi connectivity index (χ1) is 9.94. The fourth-order valence-corrected chi connectivity index (χ4v) is 1.39. The highest BCUT2D eigenvalue weighted by molar-refractivity contribution is 6.04. The molecule has 5 nitrogen and oxygen atoms in total. The highest BCUT2D eigenvalue weighted by Crippen LogP contribution is 2.17. The summed E-state index contributed by atoms with van der Waals surface area (Å²) < 4.78 is 40.4. The number of amides is 1. The van der Waals surface area contributed by atoms with Crippen molar-refractivity contribution in [2.24, 2.45) is 0 Å². The van der Waals surface area contributed by atoms with Gasteiger partial charge in [-0.15, -0.1) is 0 Å². The van der Waals surface area contributed by atoms with Crippen LogP contribution >= 0.6 is 0 Å². The lowest BCUT2D eigenvalue weighted by Crippen LogP contribution is -2.19. The second kappa shape index (κ2) is 6.21. The minimum absolute atomic E-state index is 0.200. The maximum Gasteiger partial charge on any atom is 0.422 e. The minimum atomic E-state index is -4.43. The molecule has 2 aromatic rings. The summed E-state index contributed by atoms with van der Waals surface area (Å²) in [6.45, 7) is -1.43. The minimum Gasteiger partial charge on any atom is -0.468 e. The molecule has 0 atom stereocenters. The second-order valence-electron chi connectivity index (χ2n) is 3.98. The Kier molecular flexibility index (Phi) is 4.36. The Morgan fingerprint density at radius 3 is 2.48 bits per heavy atom. The number of pyridine rings is 2. The van der Waals surface area contributed by atoms with Crippen LogP contribution in [0.25, 0.3) is 0 Å². The molecule has 1 N–H and O–H groups in total. The fraction of sp³-hybridized carbons (Fsp3) is 0.154. The standard InChI is InChI=1S/C13H10F3N3O2/c14-13(15,16)8-21-11-2-1-9(7-18-11)12(20)19-10-3-5-17-6-4-10/h1-7H,8H2,(H,17,19,20). The van der Waals surface area contributed by atoms with Gasteiger partial charge in [0.1, 0.15) is 0 Å². The third-order valence-corrected chi connectivity index (χ3v) is 2.32. The lowest BCUT2D eigenvalue weighted by molar-refractivity contribution is -0.154. The van der Waals surface area contributed by atoms with E-state index in [9.17, 15) is 18.0 Å². The normalized spacial score (nSPS) is 11.0. The average Bonchev–Trinajstić information content (AvgIpc) is 2.46. The molecule has 0 radical (unpaired) electrons. The van der Waals surface area contributed by atoms with E-state index < -0.39 is 18.7 Å². The maximum atomic E-state index is 12.0. The van der Waals surface area contributed by atoms with Gasteiger partial charge in [0.05, 0.1) is 5.56 Å². The van der Waals surface area contributed by atoms with Gasteiger partial charge in [-0.25, -0.2) is 4.98 Å². The largest absolute Gasteiger partial charge is 0.468 e. The smallest absolute Gasteiger partial charge is 0.422 e. The SMILES string of the molecule is O=C(Nc1ccncc1)c1ccc(OCC(F)(F)F)nc1. The molecule has 2 aromatic heterocycles. The molecule has 0 aliphatic heterocycles. The van der Waals surface area contributed by atoms with E-state index >= 15 is 0 Å². The summed E-state index contributed by atoms with van der Waals surface area (Å²) in [6, 6.07) is 5.74. The maximum absolute atomic E-state index is 12.0. The van der Waals surface area contributed by atoms with Crippen LogP contribution in [-0.4, -0.2) is 28.7 Å². The first kappa shape index (κ1) is 14.8. The Labute approximate surface area is 117 Å². The van der Waals surface area contributed by atoms with Crippen LogP contribution in [-0.2, 0) is 0 Å². The molecular weight excluding hydrogens is 287 g/mol. The zero-order valence-corrected chi connectivity index (χ0v) is 10.6. The van der Waals surface area contributed by atoms with Crippen molar-refractivity contribution in [1.82, 2.24) is 9.97 Å². The van der Waals surface area contributed by atoms with Gasteiger partial charge in [-0.3, -0.25) is 9.78 Å². The number of anilines is 1. The highest BCUT2D eigenvalue weighted by Gasteiger charge is 2.28. The molecule has 0 aliphatic rings. The van der Waals surface area contributed by atoms with Crippen molar-refractivity contribution < 1.29 is 22.7 Å². The number of rotatable bonds is 4. The van der Waals surface area contributed by atoms with E-state index in [2.05, 4.69) is 20.0 Å². The number of halogens is 3. The summed E-state index contributed by atoms with van der Waals surface area (Å²) >= 11 is 0. The molecule has 2 rings (SSSR count). The number of hydrogen-bond acceptors (Lipinski definition) is 4. The van der Waals surface area contributed by atoms with Gasteiger partial charge in [-0.1, -0.05) is 0 Å². The molecule has 0 unspecified atom stereocenters. The number of carbonyl (C=O) groups excluding carboxylic acids is 1. The fourth-order valence-electron chi connectivity index (χ4n) is 1.39. The van der Waals surface area contributed by atoms with Crippen LogP contribution in [0, 0.1) is 0 Å². The molecular formula is C13H10F3N3O2. The van der Waals surface area contributed by atoms with Crippen molar-refractivity contribution >= 4 is 11.6 Å². The van der Waals surface area contributed by atoms with Gasteiger partial charge in [-0.2, -0.15) is 13.2 Å². The molecule has 0 saturated carbocycles. The van der Waals surface area contributed by atoms with Gasteiger partial charge in [0.25, 0.3) is 5.91 Å². The van der Waals surface area contributed by atoms with Gasteiger partial charge in [0.15, 0.2) is 6.61 Å². The van der Waals surface area contributed by atoms with Crippen molar-refractivity contribution in [3.8, 4) is 5.88 Å². The number of alkyl halides is 3. The molecule has 0 saturated heterocycles. The zero-order valence-electron chi connectivity index (χ0n) is 10.6.